The van der Waals surface area contributed by atoms with E-state index in [4.69, 9.17) is 4.74 Å². The van der Waals surface area contributed by atoms with E-state index in [9.17, 15) is 4.79 Å². The lowest BCUT2D eigenvalue weighted by Crippen LogP contribution is -2.49. The maximum Gasteiger partial charge on any atom is 0.312 e. The van der Waals surface area contributed by atoms with Gasteiger partial charge in [-0.05, 0) is 68.6 Å². The Bertz CT molecular complexity index is 430. The van der Waals surface area contributed by atoms with Crippen molar-refractivity contribution < 1.29 is 9.53 Å². The summed E-state index contributed by atoms with van der Waals surface area (Å²) in [6.45, 7) is 15.4. The Kier molecular flexibility index (Phi) is 5.24. The Labute approximate surface area is 143 Å². The maximum atomic E-state index is 13.2. The number of carbonyl (C=O) groups is 1. The normalized spacial score (nSPS) is 34.1. The molecule has 0 spiro atoms. The van der Waals surface area contributed by atoms with Crippen molar-refractivity contribution in [3.8, 4) is 0 Å². The van der Waals surface area contributed by atoms with E-state index < -0.39 is 0 Å². The average Bonchev–Trinajstić information content (AvgIpc) is 2.34. The molecule has 23 heavy (non-hydrogen) atoms. The molecule has 0 amide bonds. The van der Waals surface area contributed by atoms with Crippen molar-refractivity contribution in [1.82, 2.24) is 0 Å². The van der Waals surface area contributed by atoms with Crippen LogP contribution in [-0.2, 0) is 9.53 Å². The van der Waals surface area contributed by atoms with Gasteiger partial charge in [-0.25, -0.2) is 0 Å². The lowest BCUT2D eigenvalue weighted by Gasteiger charge is -2.49. The SMILES string of the molecule is CC1CC2CCCC(OC(=O)C(C)(CC(C)(C)C)C(C)C)(C1)C2. The summed E-state index contributed by atoms with van der Waals surface area (Å²) >= 11 is 0. The molecule has 2 nitrogen and oxygen atoms in total. The quantitative estimate of drug-likeness (QED) is 0.594. The summed E-state index contributed by atoms with van der Waals surface area (Å²) in [5, 5.41) is 0. The number of fused-ring (bicyclic) bond motifs is 2. The fourth-order valence-corrected chi connectivity index (χ4v) is 5.18. The summed E-state index contributed by atoms with van der Waals surface area (Å²) in [6, 6.07) is 0. The summed E-state index contributed by atoms with van der Waals surface area (Å²) in [5.74, 6) is 1.81. The van der Waals surface area contributed by atoms with Gasteiger partial charge in [-0.15, -0.1) is 0 Å². The second kappa shape index (κ2) is 6.41. The van der Waals surface area contributed by atoms with Crippen molar-refractivity contribution >= 4 is 5.97 Å². The molecule has 0 aliphatic heterocycles. The maximum absolute atomic E-state index is 13.2. The van der Waals surface area contributed by atoms with Crippen LogP contribution >= 0.6 is 0 Å². The lowest BCUT2D eigenvalue weighted by atomic mass is 9.65. The van der Waals surface area contributed by atoms with Crippen LogP contribution in [0.3, 0.4) is 0 Å². The largest absolute Gasteiger partial charge is 0.459 e. The second-order valence-electron chi connectivity index (χ2n) is 10.4. The third-order valence-corrected chi connectivity index (χ3v) is 6.31. The predicted octanol–water partition coefficient (Wildman–Crippen LogP) is 5.99. The number of ether oxygens (including phenoxy) is 1. The smallest absolute Gasteiger partial charge is 0.312 e. The molecule has 0 aromatic heterocycles. The van der Waals surface area contributed by atoms with E-state index in [1.165, 1.54) is 19.3 Å². The van der Waals surface area contributed by atoms with Gasteiger partial charge in [0.1, 0.15) is 5.60 Å². The van der Waals surface area contributed by atoms with Gasteiger partial charge in [0.2, 0.25) is 0 Å². The molecule has 4 atom stereocenters. The van der Waals surface area contributed by atoms with Crippen LogP contribution < -0.4 is 0 Å². The second-order valence-corrected chi connectivity index (χ2v) is 10.4. The van der Waals surface area contributed by atoms with Crippen molar-refractivity contribution in [2.45, 2.75) is 99.0 Å². The van der Waals surface area contributed by atoms with Gasteiger partial charge in [-0.1, -0.05) is 48.0 Å². The highest BCUT2D eigenvalue weighted by molar-refractivity contribution is 5.77. The van der Waals surface area contributed by atoms with Crippen molar-refractivity contribution in [3.63, 3.8) is 0 Å². The van der Waals surface area contributed by atoms with E-state index >= 15 is 0 Å². The minimum Gasteiger partial charge on any atom is -0.459 e. The van der Waals surface area contributed by atoms with Crippen LogP contribution in [0.2, 0.25) is 0 Å². The van der Waals surface area contributed by atoms with Crippen LogP contribution in [0.1, 0.15) is 93.4 Å². The minimum atomic E-state index is -0.388. The van der Waals surface area contributed by atoms with Crippen LogP contribution in [0.4, 0.5) is 0 Å². The zero-order chi connectivity index (χ0) is 17.5. The molecule has 4 unspecified atom stereocenters. The van der Waals surface area contributed by atoms with E-state index in [0.29, 0.717) is 11.8 Å². The molecule has 0 aromatic carbocycles. The topological polar surface area (TPSA) is 26.3 Å². The first-order valence-corrected chi connectivity index (χ1v) is 9.69. The standard InChI is InChI=1S/C21H38O2/c1-15(2)20(7,14-19(4,5)6)18(22)23-21-10-8-9-17(13-21)11-16(3)12-21/h15-17H,8-14H2,1-7H3. The highest BCUT2D eigenvalue weighted by atomic mass is 16.6. The molecular formula is C21H38O2. The molecule has 2 fully saturated rings. The van der Waals surface area contributed by atoms with E-state index in [0.717, 1.165) is 31.6 Å². The molecule has 2 heteroatoms. The Hall–Kier alpha value is -0.530. The van der Waals surface area contributed by atoms with Gasteiger partial charge in [0.25, 0.3) is 0 Å². The van der Waals surface area contributed by atoms with Crippen molar-refractivity contribution in [2.75, 3.05) is 0 Å². The number of hydrogen-bond acceptors (Lipinski definition) is 2. The number of rotatable bonds is 4. The highest BCUT2D eigenvalue weighted by Gasteiger charge is 2.49. The first kappa shape index (κ1) is 18.8. The molecule has 0 saturated heterocycles. The van der Waals surface area contributed by atoms with Crippen molar-refractivity contribution in [2.24, 2.45) is 28.6 Å². The number of esters is 1. The average molecular weight is 323 g/mol. The van der Waals surface area contributed by atoms with Gasteiger partial charge < -0.3 is 4.74 Å². The first-order chi connectivity index (χ1) is 10.5. The van der Waals surface area contributed by atoms with Crippen LogP contribution in [0.5, 0.6) is 0 Å². The molecule has 0 heterocycles. The van der Waals surface area contributed by atoms with Gasteiger partial charge in [0, 0.05) is 0 Å². The summed E-state index contributed by atoms with van der Waals surface area (Å²) in [7, 11) is 0. The zero-order valence-corrected chi connectivity index (χ0v) is 16.5. The fourth-order valence-electron chi connectivity index (χ4n) is 5.18. The minimum absolute atomic E-state index is 0.0529. The summed E-state index contributed by atoms with van der Waals surface area (Å²) in [5.41, 5.74) is -0.420. The van der Waals surface area contributed by atoms with Gasteiger partial charge in [-0.2, -0.15) is 0 Å². The Balaban J connectivity index is 2.17. The fraction of sp³-hybridized carbons (Fsp3) is 0.952. The van der Waals surface area contributed by atoms with E-state index in [-0.39, 0.29) is 22.4 Å². The molecule has 2 saturated carbocycles. The predicted molar refractivity (Wildman–Crippen MR) is 96.2 cm³/mol. The first-order valence-electron chi connectivity index (χ1n) is 9.69. The molecule has 2 aliphatic rings. The van der Waals surface area contributed by atoms with E-state index in [1.807, 2.05) is 0 Å². The molecule has 134 valence electrons. The lowest BCUT2D eigenvalue weighted by molar-refractivity contribution is -0.188. The molecule has 2 rings (SSSR count). The molecular weight excluding hydrogens is 284 g/mol. The highest BCUT2D eigenvalue weighted by Crippen LogP contribution is 2.49. The van der Waals surface area contributed by atoms with Gasteiger partial charge in [-0.3, -0.25) is 4.79 Å². The van der Waals surface area contributed by atoms with E-state index in [1.54, 1.807) is 0 Å². The van der Waals surface area contributed by atoms with Crippen LogP contribution in [0, 0.1) is 28.6 Å². The third kappa shape index (κ3) is 4.31. The summed E-state index contributed by atoms with van der Waals surface area (Å²) in [4.78, 5) is 13.2. The zero-order valence-electron chi connectivity index (χ0n) is 16.5. The molecule has 2 bridgehead atoms. The summed E-state index contributed by atoms with van der Waals surface area (Å²) < 4.78 is 6.35. The van der Waals surface area contributed by atoms with Gasteiger partial charge in [0.05, 0.1) is 5.41 Å². The monoisotopic (exact) mass is 322 g/mol. The Morgan fingerprint density at radius 3 is 2.43 bits per heavy atom. The Morgan fingerprint density at radius 2 is 1.87 bits per heavy atom. The van der Waals surface area contributed by atoms with Crippen molar-refractivity contribution in [3.05, 3.63) is 0 Å². The Morgan fingerprint density at radius 1 is 1.22 bits per heavy atom. The number of carbonyl (C=O) groups excluding carboxylic acids is 1. The van der Waals surface area contributed by atoms with Gasteiger partial charge >= 0.3 is 5.97 Å². The van der Waals surface area contributed by atoms with Crippen LogP contribution in [0.15, 0.2) is 0 Å². The molecule has 0 N–H and O–H groups in total. The molecule has 2 aliphatic carbocycles. The van der Waals surface area contributed by atoms with Gasteiger partial charge in [0.15, 0.2) is 0 Å². The molecule has 0 aromatic rings. The summed E-state index contributed by atoms with van der Waals surface area (Å²) in [6.07, 6.45) is 8.00. The number of hydrogen-bond donors (Lipinski definition) is 0. The van der Waals surface area contributed by atoms with Crippen molar-refractivity contribution in [1.29, 1.82) is 0 Å². The molecule has 0 radical (unpaired) electrons. The van der Waals surface area contributed by atoms with Crippen LogP contribution in [-0.4, -0.2) is 11.6 Å². The third-order valence-electron chi connectivity index (χ3n) is 6.31. The van der Waals surface area contributed by atoms with E-state index in [2.05, 4.69) is 48.5 Å². The van der Waals surface area contributed by atoms with Crippen LogP contribution in [0.25, 0.3) is 0 Å².